The molecule has 24 heavy (non-hydrogen) atoms. The van der Waals surface area contributed by atoms with Crippen molar-refractivity contribution in [3.8, 4) is 11.1 Å². The van der Waals surface area contributed by atoms with E-state index in [0.717, 1.165) is 17.8 Å². The molecule has 0 aliphatic rings. The summed E-state index contributed by atoms with van der Waals surface area (Å²) in [6.07, 6.45) is -1.71. The lowest BCUT2D eigenvalue weighted by Crippen LogP contribution is -2.27. The molecule has 1 heterocycles. The molecule has 3 nitrogen and oxygen atoms in total. The van der Waals surface area contributed by atoms with Crippen LogP contribution in [0.1, 0.15) is 19.4 Å². The van der Waals surface area contributed by atoms with E-state index in [2.05, 4.69) is 4.98 Å². The lowest BCUT2D eigenvalue weighted by Gasteiger charge is -2.20. The Balaban J connectivity index is 2.53. The standard InChI is InChI=1S/C16H13ClF3NO2S/c1-15(2,14(22)23)24-13-5-6-21-8-10(13)9-3-4-12(17)11(7-9)16(18,19)20/h3-8H,1-2H3,(H,22,23). The van der Waals surface area contributed by atoms with Gasteiger partial charge in [0.05, 0.1) is 10.6 Å². The minimum Gasteiger partial charge on any atom is -0.480 e. The number of nitrogens with zero attached hydrogens (tertiary/aromatic N) is 1. The summed E-state index contributed by atoms with van der Waals surface area (Å²) in [6.45, 7) is 3.04. The summed E-state index contributed by atoms with van der Waals surface area (Å²) in [6, 6.07) is 5.14. The maximum Gasteiger partial charge on any atom is 0.417 e. The second-order valence-corrected chi connectivity index (χ2v) is 7.55. The second kappa shape index (κ2) is 6.64. The van der Waals surface area contributed by atoms with E-state index in [1.54, 1.807) is 6.07 Å². The number of hydrogen-bond donors (Lipinski definition) is 1. The smallest absolute Gasteiger partial charge is 0.417 e. The van der Waals surface area contributed by atoms with Crippen molar-refractivity contribution >= 4 is 29.3 Å². The average Bonchev–Trinajstić information content (AvgIpc) is 2.47. The molecule has 1 aromatic carbocycles. The molecule has 0 bridgehead atoms. The Labute approximate surface area is 145 Å². The number of benzene rings is 1. The molecular weight excluding hydrogens is 363 g/mol. The Morgan fingerprint density at radius 3 is 2.50 bits per heavy atom. The van der Waals surface area contributed by atoms with Crippen LogP contribution in [0.25, 0.3) is 11.1 Å². The van der Waals surface area contributed by atoms with E-state index >= 15 is 0 Å². The highest BCUT2D eigenvalue weighted by molar-refractivity contribution is 8.01. The molecule has 128 valence electrons. The summed E-state index contributed by atoms with van der Waals surface area (Å²) in [4.78, 5) is 15.8. The van der Waals surface area contributed by atoms with Gasteiger partial charge in [0, 0.05) is 22.9 Å². The average molecular weight is 376 g/mol. The van der Waals surface area contributed by atoms with Crippen molar-refractivity contribution < 1.29 is 23.1 Å². The van der Waals surface area contributed by atoms with Gasteiger partial charge in [-0.3, -0.25) is 9.78 Å². The van der Waals surface area contributed by atoms with Crippen LogP contribution in [0.4, 0.5) is 13.2 Å². The van der Waals surface area contributed by atoms with E-state index in [4.69, 9.17) is 11.6 Å². The molecular formula is C16H13ClF3NO2S. The number of aromatic nitrogens is 1. The van der Waals surface area contributed by atoms with Crippen LogP contribution in [-0.4, -0.2) is 20.8 Å². The summed E-state index contributed by atoms with van der Waals surface area (Å²) in [7, 11) is 0. The largest absolute Gasteiger partial charge is 0.480 e. The molecule has 1 aromatic heterocycles. The monoisotopic (exact) mass is 375 g/mol. The zero-order valence-electron chi connectivity index (χ0n) is 12.7. The predicted octanol–water partition coefficient (Wildman–Crippen LogP) is 5.38. The summed E-state index contributed by atoms with van der Waals surface area (Å²) in [5.74, 6) is -1.03. The van der Waals surface area contributed by atoms with Gasteiger partial charge >= 0.3 is 12.1 Å². The van der Waals surface area contributed by atoms with Crippen LogP contribution in [0, 0.1) is 0 Å². The fraction of sp³-hybridized carbons (Fsp3) is 0.250. The molecule has 0 amide bonds. The molecule has 0 fully saturated rings. The van der Waals surface area contributed by atoms with Crippen LogP contribution in [-0.2, 0) is 11.0 Å². The summed E-state index contributed by atoms with van der Waals surface area (Å²) < 4.78 is 38.0. The number of hydrogen-bond acceptors (Lipinski definition) is 3. The number of carboxylic acid groups (broad SMARTS) is 1. The Bertz CT molecular complexity index is 778. The van der Waals surface area contributed by atoms with Crippen molar-refractivity contribution in [1.82, 2.24) is 4.98 Å². The fourth-order valence-corrected chi connectivity index (χ4v) is 3.19. The van der Waals surface area contributed by atoms with Crippen LogP contribution >= 0.6 is 23.4 Å². The number of aliphatic carboxylic acids is 1. The molecule has 0 radical (unpaired) electrons. The van der Waals surface area contributed by atoms with E-state index in [1.165, 1.54) is 38.4 Å². The topological polar surface area (TPSA) is 50.2 Å². The first-order valence-electron chi connectivity index (χ1n) is 6.76. The fourth-order valence-electron chi connectivity index (χ4n) is 1.92. The maximum absolute atomic E-state index is 13.0. The predicted molar refractivity (Wildman–Crippen MR) is 87.3 cm³/mol. The molecule has 2 aromatic rings. The number of carboxylic acids is 1. The minimum absolute atomic E-state index is 0.267. The molecule has 0 spiro atoms. The van der Waals surface area contributed by atoms with Gasteiger partial charge in [-0.1, -0.05) is 17.7 Å². The van der Waals surface area contributed by atoms with Gasteiger partial charge in [-0.2, -0.15) is 13.2 Å². The second-order valence-electron chi connectivity index (χ2n) is 5.48. The normalized spacial score (nSPS) is 12.2. The summed E-state index contributed by atoms with van der Waals surface area (Å²) in [5.41, 5.74) is -0.263. The Hall–Kier alpha value is -1.73. The SMILES string of the molecule is CC(C)(Sc1ccncc1-c1ccc(Cl)c(C(F)(F)F)c1)C(=O)O. The van der Waals surface area contributed by atoms with Gasteiger partial charge in [0.1, 0.15) is 4.75 Å². The molecule has 0 aliphatic carbocycles. The van der Waals surface area contributed by atoms with Crippen LogP contribution < -0.4 is 0 Å². The number of halogens is 4. The van der Waals surface area contributed by atoms with E-state index in [9.17, 15) is 23.1 Å². The third-order valence-corrected chi connectivity index (χ3v) is 4.83. The van der Waals surface area contributed by atoms with Gasteiger partial charge in [-0.05, 0) is 37.6 Å². The molecule has 0 saturated heterocycles. The van der Waals surface area contributed by atoms with Crippen molar-refractivity contribution in [2.24, 2.45) is 0 Å². The lowest BCUT2D eigenvalue weighted by atomic mass is 10.0. The number of alkyl halides is 3. The van der Waals surface area contributed by atoms with Crippen molar-refractivity contribution in [3.05, 3.63) is 47.2 Å². The van der Waals surface area contributed by atoms with E-state index in [1.807, 2.05) is 0 Å². The zero-order valence-corrected chi connectivity index (χ0v) is 14.3. The molecule has 0 unspecified atom stereocenters. The number of rotatable bonds is 4. The first kappa shape index (κ1) is 18.6. The lowest BCUT2D eigenvalue weighted by molar-refractivity contribution is -0.139. The highest BCUT2D eigenvalue weighted by Crippen LogP contribution is 2.41. The number of thioether (sulfide) groups is 1. The minimum atomic E-state index is -4.58. The van der Waals surface area contributed by atoms with Crippen molar-refractivity contribution in [2.75, 3.05) is 0 Å². The van der Waals surface area contributed by atoms with Crippen LogP contribution in [0.3, 0.4) is 0 Å². The number of pyridine rings is 1. The first-order chi connectivity index (χ1) is 11.0. The van der Waals surface area contributed by atoms with Gasteiger partial charge in [0.25, 0.3) is 0 Å². The highest BCUT2D eigenvalue weighted by atomic mass is 35.5. The molecule has 0 aliphatic heterocycles. The van der Waals surface area contributed by atoms with Crippen molar-refractivity contribution in [2.45, 2.75) is 29.7 Å². The molecule has 1 N–H and O–H groups in total. The summed E-state index contributed by atoms with van der Waals surface area (Å²) >= 11 is 6.68. The Morgan fingerprint density at radius 1 is 1.25 bits per heavy atom. The van der Waals surface area contributed by atoms with Gasteiger partial charge in [-0.15, -0.1) is 11.8 Å². The van der Waals surface area contributed by atoms with Gasteiger partial charge in [0.15, 0.2) is 0 Å². The highest BCUT2D eigenvalue weighted by Gasteiger charge is 2.34. The van der Waals surface area contributed by atoms with Crippen molar-refractivity contribution in [3.63, 3.8) is 0 Å². The zero-order chi connectivity index (χ0) is 18.1. The first-order valence-corrected chi connectivity index (χ1v) is 7.95. The number of carbonyl (C=O) groups is 1. The maximum atomic E-state index is 13.0. The van der Waals surface area contributed by atoms with Crippen LogP contribution in [0.2, 0.25) is 5.02 Å². The third kappa shape index (κ3) is 4.02. The molecule has 8 heteroatoms. The summed E-state index contributed by atoms with van der Waals surface area (Å²) in [5, 5.41) is 8.86. The van der Waals surface area contributed by atoms with Crippen LogP contribution in [0.15, 0.2) is 41.6 Å². The van der Waals surface area contributed by atoms with Gasteiger partial charge in [-0.25, -0.2) is 0 Å². The Morgan fingerprint density at radius 2 is 1.92 bits per heavy atom. The third-order valence-electron chi connectivity index (χ3n) is 3.24. The van der Waals surface area contributed by atoms with Gasteiger partial charge in [0.2, 0.25) is 0 Å². The van der Waals surface area contributed by atoms with Crippen LogP contribution in [0.5, 0.6) is 0 Å². The van der Waals surface area contributed by atoms with E-state index < -0.39 is 27.5 Å². The van der Waals surface area contributed by atoms with Crippen molar-refractivity contribution in [1.29, 1.82) is 0 Å². The Kier molecular flexibility index (Phi) is 5.15. The quantitative estimate of drug-likeness (QED) is 0.729. The van der Waals surface area contributed by atoms with E-state index in [0.29, 0.717) is 10.5 Å². The van der Waals surface area contributed by atoms with Gasteiger partial charge < -0.3 is 5.11 Å². The molecule has 0 atom stereocenters. The molecule has 0 saturated carbocycles. The van der Waals surface area contributed by atoms with E-state index in [-0.39, 0.29) is 5.56 Å². The molecule has 2 rings (SSSR count).